The van der Waals surface area contributed by atoms with Gasteiger partial charge in [0.05, 0.1) is 7.11 Å². The molecule has 0 radical (unpaired) electrons. The largest absolute Gasteiger partial charge is 0.497 e. The quantitative estimate of drug-likeness (QED) is 0.884. The minimum atomic E-state index is -3.55. The molecular weight excluding hydrogens is 308 g/mol. The van der Waals surface area contributed by atoms with E-state index in [0.717, 1.165) is 22.6 Å². The van der Waals surface area contributed by atoms with Gasteiger partial charge in [0.1, 0.15) is 20.9 Å². The van der Waals surface area contributed by atoms with Crippen molar-refractivity contribution in [2.75, 3.05) is 13.7 Å². The summed E-state index contributed by atoms with van der Waals surface area (Å²) in [6.07, 6.45) is 0.562. The third kappa shape index (κ3) is 4.04. The van der Waals surface area contributed by atoms with Crippen molar-refractivity contribution in [3.05, 3.63) is 46.8 Å². The molecule has 1 aromatic heterocycles. The van der Waals surface area contributed by atoms with Crippen LogP contribution in [0.25, 0.3) is 0 Å². The van der Waals surface area contributed by atoms with Gasteiger partial charge < -0.3 is 4.74 Å². The summed E-state index contributed by atoms with van der Waals surface area (Å²) in [6.45, 7) is 0.287. The summed E-state index contributed by atoms with van der Waals surface area (Å²) in [7, 11) is -1.96. The lowest BCUT2D eigenvalue weighted by atomic mass is 10.1. The zero-order chi connectivity index (χ0) is 15.3. The highest BCUT2D eigenvalue weighted by Gasteiger charge is 2.16. The van der Waals surface area contributed by atoms with Crippen LogP contribution in [0.5, 0.6) is 5.75 Å². The molecule has 0 unspecified atom stereocenters. The Balaban J connectivity index is 1.97. The molecule has 5 nitrogen and oxygen atoms in total. The van der Waals surface area contributed by atoms with Gasteiger partial charge in [-0.2, -0.15) is 5.26 Å². The fourth-order valence-corrected chi connectivity index (χ4v) is 3.93. The molecule has 1 N–H and O–H groups in total. The second kappa shape index (κ2) is 6.72. The summed E-state index contributed by atoms with van der Waals surface area (Å²) in [6, 6.07) is 12.3. The molecule has 0 saturated carbocycles. The van der Waals surface area contributed by atoms with E-state index in [9.17, 15) is 8.42 Å². The number of methoxy groups -OCH3 is 1. The van der Waals surface area contributed by atoms with Gasteiger partial charge in [-0.25, -0.2) is 13.1 Å². The van der Waals surface area contributed by atoms with Crippen LogP contribution in [0.1, 0.15) is 10.4 Å². The zero-order valence-corrected chi connectivity index (χ0v) is 13.0. The Bertz CT molecular complexity index is 761. The second-order valence-corrected chi connectivity index (χ2v) is 7.31. The number of nitrogens with zero attached hydrogens (tertiary/aromatic N) is 1. The van der Waals surface area contributed by atoms with Crippen LogP contribution >= 0.6 is 11.3 Å². The third-order valence-corrected chi connectivity index (χ3v) is 5.74. The average Bonchev–Trinajstić information content (AvgIpc) is 2.97. The molecule has 0 atom stereocenters. The first-order chi connectivity index (χ1) is 10.0. The number of hydrogen-bond acceptors (Lipinski definition) is 5. The van der Waals surface area contributed by atoms with E-state index in [1.807, 2.05) is 30.3 Å². The van der Waals surface area contributed by atoms with Crippen LogP contribution in [0, 0.1) is 11.3 Å². The van der Waals surface area contributed by atoms with Crippen molar-refractivity contribution < 1.29 is 13.2 Å². The van der Waals surface area contributed by atoms with Crippen LogP contribution in [0.2, 0.25) is 0 Å². The third-order valence-electron chi connectivity index (χ3n) is 2.80. The smallest absolute Gasteiger partial charge is 0.250 e. The van der Waals surface area contributed by atoms with Gasteiger partial charge in [-0.3, -0.25) is 0 Å². The number of hydrogen-bond donors (Lipinski definition) is 1. The minimum absolute atomic E-state index is 0.157. The summed E-state index contributed by atoms with van der Waals surface area (Å²) < 4.78 is 31.9. The Kier molecular flexibility index (Phi) is 4.96. The molecule has 2 aromatic rings. The van der Waals surface area contributed by atoms with E-state index in [2.05, 4.69) is 4.72 Å². The molecule has 21 heavy (non-hydrogen) atoms. The van der Waals surface area contributed by atoms with Gasteiger partial charge >= 0.3 is 0 Å². The molecule has 0 aliphatic heterocycles. The summed E-state index contributed by atoms with van der Waals surface area (Å²) in [4.78, 5) is 0.378. The molecule has 0 aliphatic rings. The van der Waals surface area contributed by atoms with E-state index in [1.165, 1.54) is 12.1 Å². The predicted molar refractivity (Wildman–Crippen MR) is 80.9 cm³/mol. The van der Waals surface area contributed by atoms with Crippen molar-refractivity contribution in [1.82, 2.24) is 4.72 Å². The summed E-state index contributed by atoms with van der Waals surface area (Å²) >= 11 is 0.961. The summed E-state index contributed by atoms with van der Waals surface area (Å²) in [5, 5.41) is 8.72. The van der Waals surface area contributed by atoms with Crippen LogP contribution in [-0.4, -0.2) is 22.1 Å². The highest BCUT2D eigenvalue weighted by Crippen LogP contribution is 2.20. The SMILES string of the molecule is COc1cccc(CCNS(=O)(=O)c2ccc(C#N)s2)c1. The Labute approximate surface area is 127 Å². The maximum absolute atomic E-state index is 12.0. The van der Waals surface area contributed by atoms with Crippen LogP contribution in [0.4, 0.5) is 0 Å². The number of nitrogens with one attached hydrogen (secondary N) is 1. The van der Waals surface area contributed by atoms with Crippen LogP contribution < -0.4 is 9.46 Å². The fourth-order valence-electron chi connectivity index (χ4n) is 1.75. The zero-order valence-electron chi connectivity index (χ0n) is 11.4. The standard InChI is InChI=1S/C14H14N2O3S2/c1-19-12-4-2-3-11(9-12)7-8-16-21(17,18)14-6-5-13(10-15)20-14/h2-6,9,16H,7-8H2,1H3. The van der Waals surface area contributed by atoms with Gasteiger partial charge in [0.2, 0.25) is 10.0 Å². The van der Waals surface area contributed by atoms with Crippen molar-refractivity contribution in [3.63, 3.8) is 0 Å². The number of sulfonamides is 1. The first-order valence-corrected chi connectivity index (χ1v) is 8.47. The Hall–Kier alpha value is -1.88. The van der Waals surface area contributed by atoms with Crippen molar-refractivity contribution in [3.8, 4) is 11.8 Å². The molecule has 0 spiro atoms. The number of rotatable bonds is 6. The topological polar surface area (TPSA) is 79.2 Å². The van der Waals surface area contributed by atoms with Gasteiger partial charge in [-0.1, -0.05) is 12.1 Å². The molecular formula is C14H14N2O3S2. The maximum atomic E-state index is 12.0. The highest BCUT2D eigenvalue weighted by molar-refractivity contribution is 7.91. The van der Waals surface area contributed by atoms with E-state index in [0.29, 0.717) is 11.3 Å². The van der Waals surface area contributed by atoms with Crippen LogP contribution in [-0.2, 0) is 16.4 Å². The van der Waals surface area contributed by atoms with E-state index in [4.69, 9.17) is 10.00 Å². The van der Waals surface area contributed by atoms with Crippen LogP contribution in [0.15, 0.2) is 40.6 Å². The summed E-state index contributed by atoms with van der Waals surface area (Å²) in [5.74, 6) is 0.743. The van der Waals surface area contributed by atoms with Crippen molar-refractivity contribution in [2.45, 2.75) is 10.6 Å². The predicted octanol–water partition coefficient (Wildman–Crippen LogP) is 2.15. The Morgan fingerprint density at radius 2 is 2.14 bits per heavy atom. The van der Waals surface area contributed by atoms with Gasteiger partial charge in [0.25, 0.3) is 0 Å². The first kappa shape index (κ1) is 15.5. The summed E-state index contributed by atoms with van der Waals surface area (Å²) in [5.41, 5.74) is 0.987. The molecule has 7 heteroatoms. The fraction of sp³-hybridized carbons (Fsp3) is 0.214. The van der Waals surface area contributed by atoms with Gasteiger partial charge in [0.15, 0.2) is 0 Å². The molecule has 2 rings (SSSR count). The molecule has 1 heterocycles. The van der Waals surface area contributed by atoms with Crippen molar-refractivity contribution in [2.24, 2.45) is 0 Å². The Morgan fingerprint density at radius 1 is 1.33 bits per heavy atom. The lowest BCUT2D eigenvalue weighted by Gasteiger charge is -2.06. The minimum Gasteiger partial charge on any atom is -0.497 e. The molecule has 0 saturated heterocycles. The lowest BCUT2D eigenvalue weighted by molar-refractivity contribution is 0.414. The number of thiophene rings is 1. The van der Waals surface area contributed by atoms with Gasteiger partial charge in [-0.05, 0) is 36.2 Å². The van der Waals surface area contributed by atoms with Crippen LogP contribution in [0.3, 0.4) is 0 Å². The average molecular weight is 322 g/mol. The normalized spacial score (nSPS) is 11.0. The molecule has 110 valence electrons. The monoisotopic (exact) mass is 322 g/mol. The second-order valence-electron chi connectivity index (χ2n) is 4.23. The van der Waals surface area contributed by atoms with E-state index >= 15 is 0 Å². The van der Waals surface area contributed by atoms with Gasteiger partial charge in [-0.15, -0.1) is 11.3 Å². The Morgan fingerprint density at radius 3 is 2.81 bits per heavy atom. The van der Waals surface area contributed by atoms with E-state index < -0.39 is 10.0 Å². The molecule has 1 aromatic carbocycles. The molecule has 0 fully saturated rings. The van der Waals surface area contributed by atoms with Crippen molar-refractivity contribution in [1.29, 1.82) is 5.26 Å². The number of ether oxygens (including phenoxy) is 1. The molecule has 0 amide bonds. The molecule has 0 aliphatic carbocycles. The maximum Gasteiger partial charge on any atom is 0.250 e. The van der Waals surface area contributed by atoms with Crippen molar-refractivity contribution >= 4 is 21.4 Å². The van der Waals surface area contributed by atoms with E-state index in [-0.39, 0.29) is 10.8 Å². The highest BCUT2D eigenvalue weighted by atomic mass is 32.2. The lowest BCUT2D eigenvalue weighted by Crippen LogP contribution is -2.25. The molecule has 0 bridgehead atoms. The first-order valence-electron chi connectivity index (χ1n) is 6.17. The van der Waals surface area contributed by atoms with E-state index in [1.54, 1.807) is 7.11 Å². The number of nitriles is 1. The van der Waals surface area contributed by atoms with Gasteiger partial charge in [0, 0.05) is 6.54 Å². The number of benzene rings is 1.